The molecule has 0 radical (unpaired) electrons. The van der Waals surface area contributed by atoms with Crippen molar-refractivity contribution in [1.29, 1.82) is 0 Å². The summed E-state index contributed by atoms with van der Waals surface area (Å²) in [5, 5.41) is 12.8. The first kappa shape index (κ1) is 9.68. The third-order valence-electron chi connectivity index (χ3n) is 3.43. The van der Waals surface area contributed by atoms with Crippen LogP contribution >= 0.6 is 0 Å². The Labute approximate surface area is 94.9 Å². The van der Waals surface area contributed by atoms with Crippen molar-refractivity contribution in [2.45, 2.75) is 31.3 Å². The fraction of sp³-hybridized carbons (Fsp3) is 0.462. The Morgan fingerprint density at radius 2 is 2.31 bits per heavy atom. The number of fused-ring (bicyclic) bond motifs is 2. The summed E-state index contributed by atoms with van der Waals surface area (Å²) in [7, 11) is 0. The predicted molar refractivity (Wildman–Crippen MR) is 60.8 cm³/mol. The molecule has 2 aliphatic rings. The molecule has 1 aromatic rings. The van der Waals surface area contributed by atoms with Crippen LogP contribution < -0.4 is 5.32 Å². The van der Waals surface area contributed by atoms with Gasteiger partial charge in [0.25, 0.3) is 0 Å². The van der Waals surface area contributed by atoms with E-state index in [2.05, 4.69) is 22.1 Å². The first-order valence-electron chi connectivity index (χ1n) is 5.73. The van der Waals surface area contributed by atoms with Crippen molar-refractivity contribution in [3.05, 3.63) is 24.0 Å². The molecule has 0 aliphatic carbocycles. The Morgan fingerprint density at radius 1 is 1.38 bits per heavy atom. The van der Waals surface area contributed by atoms with Gasteiger partial charge in [0, 0.05) is 29.8 Å². The van der Waals surface area contributed by atoms with Crippen LogP contribution in [-0.2, 0) is 0 Å². The summed E-state index contributed by atoms with van der Waals surface area (Å²) in [6.07, 6.45) is 6.83. The number of aromatic nitrogens is 1. The topological polar surface area (TPSA) is 45.2 Å². The summed E-state index contributed by atoms with van der Waals surface area (Å²) in [4.78, 5) is 3.91. The Hall–Kier alpha value is -1.53. The van der Waals surface area contributed by atoms with Gasteiger partial charge in [0.1, 0.15) is 5.75 Å². The maximum atomic E-state index is 9.27. The van der Waals surface area contributed by atoms with Gasteiger partial charge < -0.3 is 10.4 Å². The lowest BCUT2D eigenvalue weighted by atomic mass is 9.89. The second-order valence-corrected chi connectivity index (χ2v) is 4.59. The van der Waals surface area contributed by atoms with Crippen LogP contribution in [0.3, 0.4) is 0 Å². The van der Waals surface area contributed by atoms with Gasteiger partial charge in [-0.15, -0.1) is 0 Å². The molecule has 0 amide bonds. The van der Waals surface area contributed by atoms with Gasteiger partial charge in [-0.3, -0.25) is 4.98 Å². The third-order valence-corrected chi connectivity index (χ3v) is 3.43. The molecule has 3 unspecified atom stereocenters. The number of hydrogen-bond donors (Lipinski definition) is 2. The van der Waals surface area contributed by atoms with Gasteiger partial charge in [-0.05, 0) is 25.3 Å². The van der Waals surface area contributed by atoms with Gasteiger partial charge in [0.2, 0.25) is 0 Å². The van der Waals surface area contributed by atoms with Gasteiger partial charge in [0.15, 0.2) is 0 Å². The van der Waals surface area contributed by atoms with Crippen LogP contribution in [0.1, 0.15) is 24.8 Å². The van der Waals surface area contributed by atoms with E-state index in [0.717, 1.165) is 5.56 Å². The summed E-state index contributed by atoms with van der Waals surface area (Å²) >= 11 is 0. The van der Waals surface area contributed by atoms with E-state index in [4.69, 9.17) is 0 Å². The van der Waals surface area contributed by atoms with E-state index in [9.17, 15) is 5.11 Å². The fourth-order valence-electron chi connectivity index (χ4n) is 2.66. The second-order valence-electron chi connectivity index (χ2n) is 4.59. The number of nitrogens with zero attached hydrogens (tertiary/aromatic N) is 1. The monoisotopic (exact) mass is 214 g/mol. The molecule has 16 heavy (non-hydrogen) atoms. The van der Waals surface area contributed by atoms with E-state index in [0.29, 0.717) is 18.0 Å². The lowest BCUT2D eigenvalue weighted by Crippen LogP contribution is -2.21. The highest BCUT2D eigenvalue weighted by molar-refractivity contribution is 5.37. The van der Waals surface area contributed by atoms with Crippen LogP contribution in [0, 0.1) is 17.8 Å². The molecule has 2 aliphatic heterocycles. The summed E-state index contributed by atoms with van der Waals surface area (Å²) in [6, 6.07) is 2.93. The minimum absolute atomic E-state index is 0.179. The molecule has 82 valence electrons. The molecule has 3 rings (SSSR count). The second kappa shape index (κ2) is 3.80. The molecule has 3 heterocycles. The van der Waals surface area contributed by atoms with Crippen LogP contribution in [-0.4, -0.2) is 22.2 Å². The Morgan fingerprint density at radius 3 is 3.00 bits per heavy atom. The first-order chi connectivity index (χ1) is 7.81. The molecule has 1 aromatic heterocycles. The molecule has 0 aromatic carbocycles. The minimum Gasteiger partial charge on any atom is -0.506 e. The molecule has 0 saturated carbocycles. The van der Waals surface area contributed by atoms with E-state index >= 15 is 0 Å². The maximum Gasteiger partial charge on any atom is 0.135 e. The highest BCUT2D eigenvalue weighted by Crippen LogP contribution is 2.32. The Kier molecular flexibility index (Phi) is 2.30. The summed E-state index contributed by atoms with van der Waals surface area (Å²) < 4.78 is 0. The highest BCUT2D eigenvalue weighted by atomic mass is 16.3. The van der Waals surface area contributed by atoms with Crippen LogP contribution in [0.4, 0.5) is 0 Å². The van der Waals surface area contributed by atoms with Crippen molar-refractivity contribution in [2.75, 3.05) is 0 Å². The van der Waals surface area contributed by atoms with E-state index in [-0.39, 0.29) is 5.75 Å². The van der Waals surface area contributed by atoms with Crippen LogP contribution in [0.5, 0.6) is 5.75 Å². The van der Waals surface area contributed by atoms with E-state index < -0.39 is 0 Å². The summed E-state index contributed by atoms with van der Waals surface area (Å²) in [5.74, 6) is 7.04. The molecule has 2 fully saturated rings. The van der Waals surface area contributed by atoms with Gasteiger partial charge in [0.05, 0.1) is 6.20 Å². The summed E-state index contributed by atoms with van der Waals surface area (Å²) in [5.41, 5.74) is 0.794. The number of aromatic hydroxyl groups is 1. The summed E-state index contributed by atoms with van der Waals surface area (Å²) in [6.45, 7) is 0. The van der Waals surface area contributed by atoms with Crippen LogP contribution in [0.15, 0.2) is 18.5 Å². The van der Waals surface area contributed by atoms with Crippen LogP contribution in [0.25, 0.3) is 0 Å². The molecule has 0 spiro atoms. The first-order valence-corrected chi connectivity index (χ1v) is 5.73. The fourth-order valence-corrected chi connectivity index (χ4v) is 2.66. The average Bonchev–Trinajstić information content (AvgIpc) is 2.88. The molecule has 3 atom stereocenters. The smallest absolute Gasteiger partial charge is 0.135 e. The average molecular weight is 214 g/mol. The molecule has 2 saturated heterocycles. The zero-order valence-electron chi connectivity index (χ0n) is 8.98. The van der Waals surface area contributed by atoms with Crippen molar-refractivity contribution < 1.29 is 5.11 Å². The molecular formula is C13H14N2O. The predicted octanol–water partition coefficient (Wildman–Crippen LogP) is 1.28. The van der Waals surface area contributed by atoms with Gasteiger partial charge in [-0.25, -0.2) is 0 Å². The highest BCUT2D eigenvalue weighted by Gasteiger charge is 2.37. The van der Waals surface area contributed by atoms with Crippen molar-refractivity contribution >= 4 is 0 Å². The van der Waals surface area contributed by atoms with E-state index in [1.165, 1.54) is 25.5 Å². The van der Waals surface area contributed by atoms with Crippen molar-refractivity contribution in [3.8, 4) is 17.6 Å². The molecule has 3 heteroatoms. The minimum atomic E-state index is 0.179. The lowest BCUT2D eigenvalue weighted by Gasteiger charge is -2.13. The van der Waals surface area contributed by atoms with E-state index in [1.54, 1.807) is 12.3 Å². The van der Waals surface area contributed by atoms with Crippen molar-refractivity contribution in [3.63, 3.8) is 0 Å². The lowest BCUT2D eigenvalue weighted by molar-refractivity contribution is 0.472. The third kappa shape index (κ3) is 1.77. The quantitative estimate of drug-likeness (QED) is 0.639. The standard InChI is InChI=1S/C13H14N2O/c16-12-5-9(7-14-8-12)1-2-10-6-11-3-4-13(10)15-11/h5,7-8,10-11,13,15-16H,3-4,6H2. The van der Waals surface area contributed by atoms with Crippen molar-refractivity contribution in [1.82, 2.24) is 10.3 Å². The van der Waals surface area contributed by atoms with Gasteiger partial charge >= 0.3 is 0 Å². The SMILES string of the molecule is Oc1cncc(C#CC2CC3CCC2N3)c1. The van der Waals surface area contributed by atoms with Gasteiger partial charge in [-0.1, -0.05) is 11.8 Å². The molecule has 2 N–H and O–H groups in total. The number of nitrogens with one attached hydrogen (secondary N) is 1. The molecule has 2 bridgehead atoms. The molecule has 3 nitrogen and oxygen atoms in total. The Balaban J connectivity index is 1.75. The Bertz CT molecular complexity index is 460. The van der Waals surface area contributed by atoms with Gasteiger partial charge in [-0.2, -0.15) is 0 Å². The normalized spacial score (nSPS) is 31.1. The maximum absolute atomic E-state index is 9.27. The zero-order chi connectivity index (χ0) is 11.0. The number of hydrogen-bond acceptors (Lipinski definition) is 3. The molecular weight excluding hydrogens is 200 g/mol. The number of rotatable bonds is 0. The number of pyridine rings is 1. The van der Waals surface area contributed by atoms with Crippen LogP contribution in [0.2, 0.25) is 0 Å². The zero-order valence-corrected chi connectivity index (χ0v) is 8.98. The van der Waals surface area contributed by atoms with Crippen molar-refractivity contribution in [2.24, 2.45) is 5.92 Å². The largest absolute Gasteiger partial charge is 0.506 e. The van der Waals surface area contributed by atoms with E-state index in [1.807, 2.05) is 0 Å².